The Morgan fingerprint density at radius 2 is 0.825 bits per heavy atom. The third kappa shape index (κ3) is 44.6. The Morgan fingerprint density at radius 1 is 0.427 bits per heavy atom. The Bertz CT molecular complexity index is 4060. The largest absolute Gasteiger partial charge is 0.512 e. The van der Waals surface area contributed by atoms with Crippen molar-refractivity contribution in [3.63, 3.8) is 0 Å². The molecule has 6 aromatic heterocycles. The quantitative estimate of drug-likeness (QED) is 0.0433. The van der Waals surface area contributed by atoms with Crippen LogP contribution in [-0.4, -0.2) is 94.8 Å². The van der Waals surface area contributed by atoms with Crippen LogP contribution in [0.25, 0.3) is 66.4 Å². The van der Waals surface area contributed by atoms with Gasteiger partial charge in [-0.15, -0.1) is 149 Å². The summed E-state index contributed by atoms with van der Waals surface area (Å²) in [6.45, 7) is 11.4. The van der Waals surface area contributed by atoms with Gasteiger partial charge in [-0.3, -0.25) is 24.2 Å². The number of aliphatic hydroxyl groups excluding tert-OH is 5. The number of nitrogens with zero attached hydrogens (tertiary/aromatic N) is 6. The first-order valence-electron chi connectivity index (χ1n) is 30.3. The van der Waals surface area contributed by atoms with Crippen LogP contribution in [0.5, 0.6) is 5.88 Å². The first kappa shape index (κ1) is 98.6. The van der Waals surface area contributed by atoms with Crippen molar-refractivity contribution in [3.05, 3.63) is 308 Å². The first-order valence-corrected chi connectivity index (χ1v) is 31.2. The number of anilines is 1. The zero-order valence-electron chi connectivity index (χ0n) is 58.4. The fourth-order valence-corrected chi connectivity index (χ4v) is 8.39. The molecule has 0 saturated carbocycles. The van der Waals surface area contributed by atoms with E-state index in [0.29, 0.717) is 5.88 Å². The van der Waals surface area contributed by atoms with Gasteiger partial charge in [0, 0.05) is 169 Å². The Morgan fingerprint density at radius 3 is 1.19 bits per heavy atom. The van der Waals surface area contributed by atoms with E-state index in [2.05, 4.69) is 84.4 Å². The Labute approximate surface area is 676 Å². The van der Waals surface area contributed by atoms with Crippen LogP contribution in [0.2, 0.25) is 0 Å². The van der Waals surface area contributed by atoms with Crippen LogP contribution in [-0.2, 0) is 126 Å². The minimum Gasteiger partial charge on any atom is -0.512 e. The molecule has 0 atom stereocenters. The zero-order valence-corrected chi connectivity index (χ0v) is 71.2. The molecule has 0 aliphatic carbocycles. The summed E-state index contributed by atoms with van der Waals surface area (Å²) in [7, 11) is 5.66. The van der Waals surface area contributed by atoms with Crippen LogP contribution >= 0.6 is 11.3 Å². The van der Waals surface area contributed by atoms with Crippen LogP contribution in [0.3, 0.4) is 0 Å². The third-order valence-corrected chi connectivity index (χ3v) is 12.6. The van der Waals surface area contributed by atoms with Crippen molar-refractivity contribution < 1.29 is 150 Å². The first-order chi connectivity index (χ1) is 47.0. The second-order valence-electron chi connectivity index (χ2n) is 20.8. The number of carbonyl (C=O) groups is 4. The molecule has 5 N–H and O–H groups in total. The number of methoxy groups -OCH3 is 1. The summed E-state index contributed by atoms with van der Waals surface area (Å²) in [6, 6.07) is 78.4. The number of benzene rings is 5. The maximum atomic E-state index is 10.0. The number of aromatic nitrogens is 5. The van der Waals surface area contributed by atoms with E-state index in [1.807, 2.05) is 196 Å². The topological polar surface area (TPSA) is 246 Å². The van der Waals surface area contributed by atoms with Gasteiger partial charge in [-0.2, -0.15) is 12.1 Å². The summed E-state index contributed by atoms with van der Waals surface area (Å²) in [5, 5.41) is 46.8. The number of fused-ring (bicyclic) bond motifs is 1. The molecule has 0 aliphatic heterocycles. The van der Waals surface area contributed by atoms with E-state index in [-0.39, 0.29) is 153 Å². The van der Waals surface area contributed by atoms with Crippen molar-refractivity contribution in [1.82, 2.24) is 24.9 Å². The molecular weight excluding hydrogens is 2210 g/mol. The van der Waals surface area contributed by atoms with E-state index in [1.165, 1.54) is 90.5 Å². The normalized spacial score (nSPS) is 9.94. The Balaban J connectivity index is -0.00000111. The van der Waals surface area contributed by atoms with Gasteiger partial charge in [0.05, 0.1) is 36.8 Å². The third-order valence-electron chi connectivity index (χ3n) is 11.8. The zero-order chi connectivity index (χ0) is 72.0. The summed E-state index contributed by atoms with van der Waals surface area (Å²) in [6.07, 6.45) is 11.9. The molecule has 5 aromatic carbocycles. The van der Waals surface area contributed by atoms with Crippen molar-refractivity contribution >= 4 is 50.9 Å². The maximum Gasteiger partial charge on any atom is 0.203 e. The Hall–Kier alpha value is -8.54. The van der Waals surface area contributed by atoms with Crippen LogP contribution in [0.1, 0.15) is 61.0 Å². The van der Waals surface area contributed by atoms with Crippen LogP contribution < -0.4 is 9.64 Å². The summed E-state index contributed by atoms with van der Waals surface area (Å²) >= 11 is 1.66. The van der Waals surface area contributed by atoms with Gasteiger partial charge < -0.3 is 55.1 Å². The Kier molecular flexibility index (Phi) is 55.5. The molecule has 0 saturated heterocycles. The van der Waals surface area contributed by atoms with Crippen molar-refractivity contribution in [2.24, 2.45) is 0 Å². The van der Waals surface area contributed by atoms with Gasteiger partial charge in [-0.25, -0.2) is 11.3 Å². The van der Waals surface area contributed by atoms with Crippen molar-refractivity contribution in [1.29, 1.82) is 0 Å². The molecule has 103 heavy (non-hydrogen) atoms. The molecule has 5 radical (unpaired) electrons. The fourth-order valence-electron chi connectivity index (χ4n) is 7.74. The number of thiophene rings is 1. The minimum absolute atomic E-state index is 0. The number of aliphatic hydroxyl groups is 5. The fraction of sp³-hybridized carbons (Fsp3) is 0.148. The van der Waals surface area contributed by atoms with Crippen molar-refractivity contribution in [2.75, 3.05) is 26.1 Å². The number of pyridine rings is 5. The standard InChI is InChI=1S/C15H10N.C13H13N2.2C12H10NO.C9H6NS.4C5H8O2.5Ir/c1-2-6-12(7-3-1)15-10-13-8-4-5-9-14(13)11-16-15;1-15(2)12-8-9-14-13(10-12)11-6-4-3-5-7-11;1-14-12-9-5-8-11(13-12)10-6-3-2-4-7-10;14-9-10-6-7-13-12(8-10)11-4-2-1-3-5-11;1-2-6-10-8(4-1)9-5-3-7-11-9;4*1-4(6)3-5(2)7;;;;;/h1-6,8-11H;3-6,8-10H,1-2H3;2-6,8-9H,1H3;1-4,6-8,14H,9H2;1-4,6-7H;4*3,6H,1-2H3;;;;;/q5*-1;;;;;;;;;. The second kappa shape index (κ2) is 57.9. The molecule has 0 unspecified atom stereocenters. The number of ketones is 4. The predicted octanol–water partition coefficient (Wildman–Crippen LogP) is 17.7. The number of allylic oxidation sites excluding steroid dienone is 8. The van der Waals surface area contributed by atoms with Crippen LogP contribution in [0.15, 0.2) is 272 Å². The van der Waals surface area contributed by atoms with Crippen LogP contribution in [0, 0.1) is 30.3 Å². The van der Waals surface area contributed by atoms with Gasteiger partial charge in [0.1, 0.15) is 0 Å². The van der Waals surface area contributed by atoms with Crippen molar-refractivity contribution in [3.8, 4) is 61.5 Å². The molecule has 11 aromatic rings. The summed E-state index contributed by atoms with van der Waals surface area (Å²) in [5.41, 5.74) is 10.7. The maximum absolute atomic E-state index is 10.0. The monoisotopic (exact) mass is 2290 g/mol. The number of hydrogen-bond acceptors (Lipinski definition) is 17. The second-order valence-corrected chi connectivity index (χ2v) is 21.7. The molecule has 0 amide bonds. The molecule has 22 heteroatoms. The number of ether oxygens (including phenoxy) is 1. The van der Waals surface area contributed by atoms with Crippen molar-refractivity contribution in [2.45, 2.75) is 62.0 Å². The SMILES string of the molecule is CC(=O)C=C(C)O.CC(=O)C=C(C)O.CC(=O)C=C(C)O.CC(=O)C=C(C)O.CN(C)c1ccnc(-c2[c-]cccc2)c1.COc1cccc(-c2[c-]cccc2)n1.OCc1ccnc(-c2[c-]cccc2)c1.[Ir].[Ir].[Ir].[Ir].[Ir].[c-]1ccccc1-c1cc2ccccc2cn1.[c-]1ccsc1-c1ccccn1. The smallest absolute Gasteiger partial charge is 0.203 e. The molecule has 16 nitrogen and oxygen atoms in total. The molecular formula is C81H81Ir5N6O10S-5. The van der Waals surface area contributed by atoms with E-state index >= 15 is 0 Å². The van der Waals surface area contributed by atoms with Gasteiger partial charge in [-0.1, -0.05) is 71.6 Å². The molecule has 11 rings (SSSR count). The molecule has 0 fully saturated rings. The molecule has 0 aliphatic rings. The molecule has 551 valence electrons. The van der Waals surface area contributed by atoms with Gasteiger partial charge in [0.15, 0.2) is 23.1 Å². The van der Waals surface area contributed by atoms with Crippen LogP contribution in [0.4, 0.5) is 5.69 Å². The summed E-state index contributed by atoms with van der Waals surface area (Å²) < 4.78 is 5.05. The van der Waals surface area contributed by atoms with E-state index in [9.17, 15) is 19.2 Å². The predicted molar refractivity (Wildman–Crippen MR) is 393 cm³/mol. The number of rotatable bonds is 12. The average molecular weight is 2290 g/mol. The van der Waals surface area contributed by atoms with Gasteiger partial charge in [0.2, 0.25) is 5.88 Å². The van der Waals surface area contributed by atoms with Gasteiger partial charge in [-0.05, 0) is 124 Å². The van der Waals surface area contributed by atoms with Gasteiger partial charge in [0.25, 0.3) is 0 Å². The number of carbonyl (C=O) groups excluding carboxylic acids is 4. The van der Waals surface area contributed by atoms with Gasteiger partial charge >= 0.3 is 0 Å². The van der Waals surface area contributed by atoms with E-state index in [0.717, 1.165) is 66.9 Å². The average Bonchev–Trinajstić information content (AvgIpc) is 1.36. The summed E-state index contributed by atoms with van der Waals surface area (Å²) in [5.74, 6) is 0.375. The molecule has 0 bridgehead atoms. The van der Waals surface area contributed by atoms with E-state index < -0.39 is 0 Å². The number of hydrogen-bond donors (Lipinski definition) is 5. The molecule has 0 spiro atoms. The summed E-state index contributed by atoms with van der Waals surface area (Å²) in [4.78, 5) is 64.7. The molecule has 6 heterocycles. The van der Waals surface area contributed by atoms with E-state index in [1.54, 1.807) is 36.9 Å². The van der Waals surface area contributed by atoms with E-state index in [4.69, 9.17) is 30.3 Å². The minimum atomic E-state index is -0.125.